The zero-order chi connectivity index (χ0) is 23.6. The van der Waals surface area contributed by atoms with Crippen molar-refractivity contribution in [2.75, 3.05) is 43.4 Å². The second-order valence-corrected chi connectivity index (χ2v) is 8.55. The Morgan fingerprint density at radius 1 is 1.15 bits per heavy atom. The number of carbonyl (C=O) groups excluding carboxylic acids is 1. The van der Waals surface area contributed by atoms with E-state index >= 15 is 0 Å². The lowest BCUT2D eigenvalue weighted by molar-refractivity contribution is 0.0328. The lowest BCUT2D eigenvalue weighted by Crippen LogP contribution is -2.37. The van der Waals surface area contributed by atoms with Gasteiger partial charge in [-0.25, -0.2) is 19.4 Å². The fourth-order valence-electron chi connectivity index (χ4n) is 3.51. The normalized spacial score (nSPS) is 14.5. The van der Waals surface area contributed by atoms with Gasteiger partial charge in [-0.15, -0.1) is 5.10 Å². The van der Waals surface area contributed by atoms with Gasteiger partial charge in [-0.2, -0.15) is 5.06 Å². The van der Waals surface area contributed by atoms with E-state index < -0.39 is 11.7 Å². The smallest absolute Gasteiger partial charge is 0.439 e. The largest absolute Gasteiger partial charge is 0.442 e. The molecule has 4 rings (SSSR count). The molecule has 1 fully saturated rings. The van der Waals surface area contributed by atoms with Crippen molar-refractivity contribution in [3.05, 3.63) is 24.3 Å². The number of benzene rings is 1. The van der Waals surface area contributed by atoms with Crippen LogP contribution in [0.4, 0.5) is 16.3 Å². The first-order valence-electron chi connectivity index (χ1n) is 10.9. The van der Waals surface area contributed by atoms with Crippen LogP contribution >= 0.6 is 0 Å². The number of fused-ring (bicyclic) bond motifs is 1. The Balaban J connectivity index is 1.69. The number of carbonyl (C=O) groups is 1. The molecule has 0 radical (unpaired) electrons. The van der Waals surface area contributed by atoms with E-state index in [0.717, 1.165) is 29.5 Å². The number of morpholine rings is 1. The molecular formula is C22H29N7O4. The van der Waals surface area contributed by atoms with Gasteiger partial charge in [0.1, 0.15) is 5.60 Å². The standard InChI is InChI=1S/C22H29N7O4/c1-6-28-20-17(25-26-28)19(27-11-13-32-14-12-27)23-18(24-20)15-7-9-16(10-8-15)29(31-5)21(30)33-22(2,3)4/h7-10H,6,11-14H2,1-5H3. The summed E-state index contributed by atoms with van der Waals surface area (Å²) in [5, 5.41) is 9.67. The molecule has 3 aromatic rings. The summed E-state index contributed by atoms with van der Waals surface area (Å²) < 4.78 is 12.7. The van der Waals surface area contributed by atoms with Gasteiger partial charge in [-0.3, -0.25) is 4.84 Å². The van der Waals surface area contributed by atoms with Crippen LogP contribution in [0.3, 0.4) is 0 Å². The molecule has 1 aromatic carbocycles. The van der Waals surface area contributed by atoms with Crippen LogP contribution in [0.5, 0.6) is 0 Å². The summed E-state index contributed by atoms with van der Waals surface area (Å²) in [7, 11) is 1.42. The van der Waals surface area contributed by atoms with E-state index in [9.17, 15) is 4.79 Å². The van der Waals surface area contributed by atoms with E-state index in [1.807, 2.05) is 19.1 Å². The predicted octanol–water partition coefficient (Wildman–Crippen LogP) is 3.05. The van der Waals surface area contributed by atoms with Crippen molar-refractivity contribution in [3.8, 4) is 11.4 Å². The summed E-state index contributed by atoms with van der Waals surface area (Å²) in [4.78, 5) is 29.4. The summed E-state index contributed by atoms with van der Waals surface area (Å²) in [5.41, 5.74) is 2.04. The number of aromatic nitrogens is 5. The Hall–Kier alpha value is -3.31. The van der Waals surface area contributed by atoms with Crippen LogP contribution < -0.4 is 9.96 Å². The molecular weight excluding hydrogens is 426 g/mol. The van der Waals surface area contributed by atoms with E-state index in [1.54, 1.807) is 37.6 Å². The lowest BCUT2D eigenvalue weighted by atomic mass is 10.2. The van der Waals surface area contributed by atoms with Crippen LogP contribution in [0.25, 0.3) is 22.6 Å². The summed E-state index contributed by atoms with van der Waals surface area (Å²) in [6, 6.07) is 7.21. The van der Waals surface area contributed by atoms with Crippen molar-refractivity contribution in [2.24, 2.45) is 0 Å². The molecule has 1 saturated heterocycles. The molecule has 1 aliphatic rings. The summed E-state index contributed by atoms with van der Waals surface area (Å²) in [6.45, 7) is 10.8. The summed E-state index contributed by atoms with van der Waals surface area (Å²) >= 11 is 0. The molecule has 0 unspecified atom stereocenters. The molecule has 0 saturated carbocycles. The Kier molecular flexibility index (Phi) is 6.43. The molecule has 11 heteroatoms. The van der Waals surface area contributed by atoms with E-state index in [2.05, 4.69) is 15.2 Å². The highest BCUT2D eigenvalue weighted by molar-refractivity contribution is 5.87. The molecule has 2 aromatic heterocycles. The molecule has 0 aliphatic carbocycles. The lowest BCUT2D eigenvalue weighted by Gasteiger charge is -2.28. The summed E-state index contributed by atoms with van der Waals surface area (Å²) in [5.74, 6) is 1.29. The maximum atomic E-state index is 12.5. The van der Waals surface area contributed by atoms with E-state index in [0.29, 0.717) is 42.4 Å². The summed E-state index contributed by atoms with van der Waals surface area (Å²) in [6.07, 6.45) is -0.594. The highest BCUT2D eigenvalue weighted by Gasteiger charge is 2.25. The minimum absolute atomic E-state index is 0.533. The first-order valence-corrected chi connectivity index (χ1v) is 10.9. The van der Waals surface area contributed by atoms with Crippen molar-refractivity contribution in [2.45, 2.75) is 39.8 Å². The SMILES string of the molecule is CCn1nnc2c(N3CCOCC3)nc(-c3ccc(N(OC)C(=O)OC(C)(C)C)cc3)nc21. The first-order chi connectivity index (χ1) is 15.8. The monoisotopic (exact) mass is 455 g/mol. The van der Waals surface area contributed by atoms with E-state index in [1.165, 1.54) is 7.11 Å². The molecule has 1 amide bonds. The van der Waals surface area contributed by atoms with Gasteiger partial charge in [0.05, 0.1) is 26.0 Å². The maximum Gasteiger partial charge on any atom is 0.439 e. The number of anilines is 2. The maximum absolute atomic E-state index is 12.5. The zero-order valence-corrected chi connectivity index (χ0v) is 19.6. The van der Waals surface area contributed by atoms with Gasteiger partial charge >= 0.3 is 6.09 Å². The predicted molar refractivity (Wildman–Crippen MR) is 123 cm³/mol. The minimum atomic E-state index is -0.636. The second kappa shape index (κ2) is 9.28. The quantitative estimate of drug-likeness (QED) is 0.536. The van der Waals surface area contributed by atoms with Crippen LogP contribution in [0.2, 0.25) is 0 Å². The van der Waals surface area contributed by atoms with E-state index in [-0.39, 0.29) is 0 Å². The molecule has 176 valence electrons. The number of hydrogen-bond acceptors (Lipinski definition) is 9. The van der Waals surface area contributed by atoms with Gasteiger partial charge in [0.15, 0.2) is 22.8 Å². The number of hydroxylamine groups is 1. The highest BCUT2D eigenvalue weighted by atomic mass is 16.7. The van der Waals surface area contributed by atoms with E-state index in [4.69, 9.17) is 24.3 Å². The average Bonchev–Trinajstić information content (AvgIpc) is 3.22. The number of aryl methyl sites for hydroxylation is 1. The Morgan fingerprint density at radius 2 is 1.85 bits per heavy atom. The number of nitrogens with zero attached hydrogens (tertiary/aromatic N) is 7. The third kappa shape index (κ3) is 4.88. The topological polar surface area (TPSA) is 108 Å². The number of rotatable bonds is 5. The molecule has 3 heterocycles. The van der Waals surface area contributed by atoms with Crippen molar-refractivity contribution >= 4 is 28.8 Å². The Morgan fingerprint density at radius 3 is 2.45 bits per heavy atom. The molecule has 1 aliphatic heterocycles. The third-order valence-electron chi connectivity index (χ3n) is 5.06. The van der Waals surface area contributed by atoms with Crippen molar-refractivity contribution in [1.82, 2.24) is 25.0 Å². The van der Waals surface area contributed by atoms with Crippen molar-refractivity contribution in [1.29, 1.82) is 0 Å². The zero-order valence-electron chi connectivity index (χ0n) is 19.6. The number of hydrogen-bond donors (Lipinski definition) is 0. The van der Waals surface area contributed by atoms with Crippen LogP contribution in [-0.4, -0.2) is 70.1 Å². The molecule has 33 heavy (non-hydrogen) atoms. The Bertz CT molecular complexity index is 1120. The molecule has 0 N–H and O–H groups in total. The molecule has 0 spiro atoms. The second-order valence-electron chi connectivity index (χ2n) is 8.55. The third-order valence-corrected chi connectivity index (χ3v) is 5.06. The van der Waals surface area contributed by atoms with Crippen LogP contribution in [0, 0.1) is 0 Å². The molecule has 11 nitrogen and oxygen atoms in total. The fraction of sp³-hybridized carbons (Fsp3) is 0.500. The van der Waals surface area contributed by atoms with Gasteiger partial charge in [-0.1, -0.05) is 5.21 Å². The van der Waals surface area contributed by atoms with Gasteiger partial charge in [-0.05, 0) is 52.0 Å². The van der Waals surface area contributed by atoms with Crippen LogP contribution in [0.1, 0.15) is 27.7 Å². The van der Waals surface area contributed by atoms with Gasteiger partial charge in [0.25, 0.3) is 0 Å². The van der Waals surface area contributed by atoms with Crippen molar-refractivity contribution in [3.63, 3.8) is 0 Å². The highest BCUT2D eigenvalue weighted by Crippen LogP contribution is 2.28. The van der Waals surface area contributed by atoms with Gasteiger partial charge < -0.3 is 14.4 Å². The molecule has 0 atom stereocenters. The van der Waals surface area contributed by atoms with Crippen LogP contribution in [0.15, 0.2) is 24.3 Å². The van der Waals surface area contributed by atoms with Gasteiger partial charge in [0, 0.05) is 25.2 Å². The van der Waals surface area contributed by atoms with Crippen molar-refractivity contribution < 1.29 is 19.1 Å². The average molecular weight is 456 g/mol. The number of amides is 1. The first kappa shape index (κ1) is 22.9. The van der Waals surface area contributed by atoms with Crippen LogP contribution in [-0.2, 0) is 20.9 Å². The fourth-order valence-corrected chi connectivity index (χ4v) is 3.51. The number of ether oxygens (including phenoxy) is 2. The molecule has 0 bridgehead atoms. The van der Waals surface area contributed by atoms with Gasteiger partial charge in [0.2, 0.25) is 0 Å². The minimum Gasteiger partial charge on any atom is -0.442 e. The Labute approximate surface area is 192 Å².